The normalized spacial score (nSPS) is 20.0. The molecule has 1 aromatic carbocycles. The quantitative estimate of drug-likeness (QED) is 0.878. The van der Waals surface area contributed by atoms with Gasteiger partial charge in [0.2, 0.25) is 5.91 Å². The van der Waals surface area contributed by atoms with Crippen molar-refractivity contribution in [2.24, 2.45) is 10.9 Å². The van der Waals surface area contributed by atoms with Crippen LogP contribution in [0.5, 0.6) is 0 Å². The van der Waals surface area contributed by atoms with Gasteiger partial charge in [0, 0.05) is 23.9 Å². The van der Waals surface area contributed by atoms with Gasteiger partial charge in [-0.2, -0.15) is 15.6 Å². The van der Waals surface area contributed by atoms with E-state index in [1.54, 1.807) is 13.8 Å². The molecule has 0 aliphatic carbocycles. The van der Waals surface area contributed by atoms with Gasteiger partial charge in [-0.15, -0.1) is 0 Å². The van der Waals surface area contributed by atoms with E-state index in [4.69, 9.17) is 0 Å². The van der Waals surface area contributed by atoms with E-state index < -0.39 is 11.8 Å². The molecule has 7 heteroatoms. The van der Waals surface area contributed by atoms with Gasteiger partial charge >= 0.3 is 0 Å². The van der Waals surface area contributed by atoms with Crippen LogP contribution in [0.4, 0.5) is 5.82 Å². The monoisotopic (exact) mass is 332 g/mol. The number of amides is 1. The summed E-state index contributed by atoms with van der Waals surface area (Å²) in [7, 11) is 0. The van der Waals surface area contributed by atoms with Crippen LogP contribution in [0.15, 0.2) is 34.5 Å². The van der Waals surface area contributed by atoms with E-state index in [2.05, 4.69) is 32.6 Å². The highest BCUT2D eigenvalue weighted by Crippen LogP contribution is 2.39. The first kappa shape index (κ1) is 16.4. The van der Waals surface area contributed by atoms with Crippen LogP contribution in [0.3, 0.4) is 0 Å². The maximum Gasteiger partial charge on any atom is 0.222 e. The Labute approximate surface area is 144 Å². The number of allylic oxidation sites excluding steroid dienone is 2. The molecule has 1 aliphatic heterocycles. The summed E-state index contributed by atoms with van der Waals surface area (Å²) in [5, 5.41) is 29.6. The number of H-pyrrole nitrogens is 1. The van der Waals surface area contributed by atoms with Gasteiger partial charge in [0.25, 0.3) is 0 Å². The summed E-state index contributed by atoms with van der Waals surface area (Å²) in [6.07, 6.45) is 0. The topological polar surface area (TPSA) is 118 Å². The number of hydrogen-bond donors (Lipinski definition) is 2. The number of rotatable bonds is 2. The van der Waals surface area contributed by atoms with E-state index in [1.807, 2.05) is 18.2 Å². The molecule has 3 rings (SSSR count). The summed E-state index contributed by atoms with van der Waals surface area (Å²) in [6, 6.07) is 10.0. The Morgan fingerprint density at radius 3 is 2.72 bits per heavy atom. The second-order valence-corrected chi connectivity index (χ2v) is 6.01. The Balaban J connectivity index is 2.17. The van der Waals surface area contributed by atoms with E-state index in [0.717, 1.165) is 16.5 Å². The summed E-state index contributed by atoms with van der Waals surface area (Å²) in [5.41, 5.74) is 3.39. The fraction of sp³-hybridized carbons (Fsp3) is 0.278. The number of anilines is 1. The van der Waals surface area contributed by atoms with Crippen molar-refractivity contribution < 1.29 is 4.79 Å². The number of aliphatic imine (C=N–C) groups is 1. The molecule has 2 unspecified atom stereocenters. The summed E-state index contributed by atoms with van der Waals surface area (Å²) < 4.78 is 0. The van der Waals surface area contributed by atoms with E-state index in [1.165, 1.54) is 6.92 Å². The van der Waals surface area contributed by atoms with Gasteiger partial charge in [0.15, 0.2) is 5.82 Å². The third-order valence-corrected chi connectivity index (χ3v) is 4.33. The first-order valence-corrected chi connectivity index (χ1v) is 7.77. The van der Waals surface area contributed by atoms with E-state index in [-0.39, 0.29) is 5.91 Å². The third-order valence-electron chi connectivity index (χ3n) is 4.33. The average Bonchev–Trinajstić information content (AvgIpc) is 2.96. The number of carbonyl (C=O) groups excluding carboxylic acids is 1. The lowest BCUT2D eigenvalue weighted by Crippen LogP contribution is -2.24. The fourth-order valence-electron chi connectivity index (χ4n) is 3.19. The van der Waals surface area contributed by atoms with Crippen LogP contribution in [0.1, 0.15) is 32.3 Å². The average molecular weight is 332 g/mol. The molecule has 0 saturated carbocycles. The van der Waals surface area contributed by atoms with E-state index in [9.17, 15) is 15.3 Å². The molecule has 1 amide bonds. The number of fused-ring (bicyclic) bond motifs is 1. The number of nitrogens with one attached hydrogen (secondary N) is 2. The van der Waals surface area contributed by atoms with Gasteiger partial charge in [-0.3, -0.25) is 14.9 Å². The molecular formula is C18H16N6O. The van der Waals surface area contributed by atoms with E-state index in [0.29, 0.717) is 22.8 Å². The molecule has 1 aromatic heterocycles. The van der Waals surface area contributed by atoms with Gasteiger partial charge in [0.1, 0.15) is 0 Å². The van der Waals surface area contributed by atoms with Crippen molar-refractivity contribution in [3.8, 4) is 12.1 Å². The summed E-state index contributed by atoms with van der Waals surface area (Å²) in [4.78, 5) is 15.7. The highest BCUT2D eigenvalue weighted by Gasteiger charge is 2.34. The van der Waals surface area contributed by atoms with Crippen LogP contribution in [0.25, 0.3) is 10.9 Å². The molecular weight excluding hydrogens is 316 g/mol. The van der Waals surface area contributed by atoms with Crippen LogP contribution in [0, 0.1) is 28.6 Å². The maximum atomic E-state index is 11.3. The smallest absolute Gasteiger partial charge is 0.222 e. The zero-order valence-electron chi connectivity index (χ0n) is 14.1. The summed E-state index contributed by atoms with van der Waals surface area (Å²) in [6.45, 7) is 5.00. The van der Waals surface area contributed by atoms with Crippen molar-refractivity contribution in [1.29, 1.82) is 10.5 Å². The van der Waals surface area contributed by atoms with Gasteiger partial charge in [0.05, 0.1) is 34.8 Å². The number of aromatic nitrogens is 2. The summed E-state index contributed by atoms with van der Waals surface area (Å²) >= 11 is 0. The Bertz CT molecular complexity index is 1010. The minimum atomic E-state index is -0.507. The van der Waals surface area contributed by atoms with Crippen LogP contribution in [-0.4, -0.2) is 21.8 Å². The molecule has 2 aromatic rings. The number of nitriles is 2. The van der Waals surface area contributed by atoms with Crippen molar-refractivity contribution in [3.05, 3.63) is 35.0 Å². The molecule has 0 fully saturated rings. The molecule has 124 valence electrons. The lowest BCUT2D eigenvalue weighted by Gasteiger charge is -2.26. The van der Waals surface area contributed by atoms with Crippen LogP contribution >= 0.6 is 0 Å². The second-order valence-electron chi connectivity index (χ2n) is 6.01. The predicted octanol–water partition coefficient (Wildman–Crippen LogP) is 3.02. The van der Waals surface area contributed by atoms with Crippen molar-refractivity contribution >= 4 is 28.3 Å². The van der Waals surface area contributed by atoms with Gasteiger partial charge < -0.3 is 5.32 Å². The maximum absolute atomic E-state index is 11.3. The molecule has 0 bridgehead atoms. The highest BCUT2D eigenvalue weighted by molar-refractivity contribution is 5.99. The molecule has 7 nitrogen and oxygen atoms in total. The van der Waals surface area contributed by atoms with Crippen molar-refractivity contribution in [1.82, 2.24) is 10.2 Å². The van der Waals surface area contributed by atoms with Crippen LogP contribution < -0.4 is 5.32 Å². The van der Waals surface area contributed by atoms with Gasteiger partial charge in [-0.05, 0) is 31.5 Å². The molecule has 2 heterocycles. The van der Waals surface area contributed by atoms with Crippen molar-refractivity contribution in [2.75, 3.05) is 5.32 Å². The lowest BCUT2D eigenvalue weighted by atomic mass is 9.76. The SMILES string of the molecule is CC(=O)Nc1n[nH]c2ccc(C3C(C#N)=C(C)N=C(C)C3C#N)cc12. The Morgan fingerprint density at radius 1 is 1.32 bits per heavy atom. The first-order valence-electron chi connectivity index (χ1n) is 7.77. The number of nitrogens with zero attached hydrogens (tertiary/aromatic N) is 4. The highest BCUT2D eigenvalue weighted by atomic mass is 16.1. The predicted molar refractivity (Wildman–Crippen MR) is 93.7 cm³/mol. The molecule has 25 heavy (non-hydrogen) atoms. The minimum absolute atomic E-state index is 0.220. The minimum Gasteiger partial charge on any atom is -0.309 e. The summed E-state index contributed by atoms with van der Waals surface area (Å²) in [5.74, 6) is -0.690. The van der Waals surface area contributed by atoms with Gasteiger partial charge in [-0.25, -0.2) is 0 Å². The van der Waals surface area contributed by atoms with Crippen LogP contribution in [-0.2, 0) is 4.79 Å². The van der Waals surface area contributed by atoms with Crippen molar-refractivity contribution in [3.63, 3.8) is 0 Å². The zero-order valence-corrected chi connectivity index (χ0v) is 14.1. The molecule has 0 saturated heterocycles. The molecule has 2 N–H and O–H groups in total. The fourth-order valence-corrected chi connectivity index (χ4v) is 3.19. The Hall–Kier alpha value is -3.45. The molecule has 1 aliphatic rings. The zero-order chi connectivity index (χ0) is 18.1. The standard InChI is InChI=1S/C18H16N6O/c1-9-14(7-19)17(15(8-20)10(2)21-9)12-4-5-16-13(6-12)18(24-23-16)22-11(3)25/h4-6,14,17H,1-3H3,(H2,22,23,24,25). The number of aromatic amines is 1. The third kappa shape index (κ3) is 2.77. The lowest BCUT2D eigenvalue weighted by molar-refractivity contribution is -0.114. The molecule has 0 spiro atoms. The Morgan fingerprint density at radius 2 is 2.08 bits per heavy atom. The van der Waals surface area contributed by atoms with Crippen LogP contribution in [0.2, 0.25) is 0 Å². The number of hydrogen-bond acceptors (Lipinski definition) is 5. The van der Waals surface area contributed by atoms with Gasteiger partial charge in [-0.1, -0.05) is 6.07 Å². The first-order chi connectivity index (χ1) is 12.0. The Kier molecular flexibility index (Phi) is 4.08. The number of carbonyl (C=O) groups is 1. The number of benzene rings is 1. The second kappa shape index (κ2) is 6.21. The molecule has 0 radical (unpaired) electrons. The van der Waals surface area contributed by atoms with Crippen molar-refractivity contribution in [2.45, 2.75) is 26.7 Å². The largest absolute Gasteiger partial charge is 0.309 e. The van der Waals surface area contributed by atoms with E-state index >= 15 is 0 Å². The molecule has 2 atom stereocenters.